The number of pyridine rings is 1. The predicted molar refractivity (Wildman–Crippen MR) is 71.4 cm³/mol. The van der Waals surface area contributed by atoms with Crippen LogP contribution in [-0.2, 0) is 6.42 Å². The zero-order valence-corrected chi connectivity index (χ0v) is 10.5. The highest BCUT2D eigenvalue weighted by Crippen LogP contribution is 2.40. The quantitative estimate of drug-likeness (QED) is 0.892. The first-order valence-electron chi connectivity index (χ1n) is 6.42. The molecule has 1 N–H and O–H groups in total. The third-order valence-electron chi connectivity index (χ3n) is 3.75. The predicted octanol–water partition coefficient (Wildman–Crippen LogP) is 3.15. The van der Waals surface area contributed by atoms with Crippen LogP contribution in [0, 0.1) is 6.92 Å². The van der Waals surface area contributed by atoms with Crippen molar-refractivity contribution in [1.29, 1.82) is 0 Å². The lowest BCUT2D eigenvalue weighted by molar-refractivity contribution is 0.149. The molecule has 1 aromatic carbocycles. The van der Waals surface area contributed by atoms with Crippen molar-refractivity contribution in [3.8, 4) is 0 Å². The highest BCUT2D eigenvalue weighted by molar-refractivity contribution is 5.40. The number of benzene rings is 1. The molecule has 0 spiro atoms. The summed E-state index contributed by atoms with van der Waals surface area (Å²) in [4.78, 5) is 4.26. The highest BCUT2D eigenvalue weighted by Gasteiger charge is 2.28. The molecule has 2 aromatic rings. The number of aliphatic hydroxyl groups is 1. The molecule has 18 heavy (non-hydrogen) atoms. The van der Waals surface area contributed by atoms with Gasteiger partial charge in [0.05, 0.1) is 11.8 Å². The fourth-order valence-electron chi connectivity index (χ4n) is 2.71. The van der Waals surface area contributed by atoms with Crippen LogP contribution in [0.3, 0.4) is 0 Å². The molecule has 1 heterocycles. The molecule has 1 aliphatic carbocycles. The Morgan fingerprint density at radius 1 is 1.33 bits per heavy atom. The van der Waals surface area contributed by atoms with Crippen molar-refractivity contribution in [3.05, 3.63) is 65.0 Å². The number of aliphatic hydroxyl groups excluding tert-OH is 1. The van der Waals surface area contributed by atoms with Crippen molar-refractivity contribution < 1.29 is 5.11 Å². The van der Waals surface area contributed by atoms with E-state index in [1.165, 1.54) is 11.1 Å². The lowest BCUT2D eigenvalue weighted by Crippen LogP contribution is -2.19. The van der Waals surface area contributed by atoms with Crippen LogP contribution in [0.1, 0.15) is 40.8 Å². The number of fused-ring (bicyclic) bond motifs is 1. The van der Waals surface area contributed by atoms with Gasteiger partial charge in [-0.25, -0.2) is 0 Å². The van der Waals surface area contributed by atoms with E-state index in [0.29, 0.717) is 5.92 Å². The van der Waals surface area contributed by atoms with Gasteiger partial charge >= 0.3 is 0 Å². The first kappa shape index (κ1) is 11.4. The van der Waals surface area contributed by atoms with E-state index in [0.717, 1.165) is 24.1 Å². The van der Waals surface area contributed by atoms with Crippen molar-refractivity contribution in [2.24, 2.45) is 0 Å². The zero-order chi connectivity index (χ0) is 12.5. The molecule has 2 nitrogen and oxygen atoms in total. The molecular formula is C16H17NO. The van der Waals surface area contributed by atoms with E-state index in [-0.39, 0.29) is 0 Å². The number of hydrogen-bond donors (Lipinski definition) is 1. The molecule has 92 valence electrons. The first-order valence-corrected chi connectivity index (χ1v) is 6.42. The van der Waals surface area contributed by atoms with Gasteiger partial charge in [-0.15, -0.1) is 0 Å². The van der Waals surface area contributed by atoms with Gasteiger partial charge in [0.1, 0.15) is 0 Å². The van der Waals surface area contributed by atoms with Gasteiger partial charge in [0, 0.05) is 6.20 Å². The second-order valence-corrected chi connectivity index (χ2v) is 5.11. The summed E-state index contributed by atoms with van der Waals surface area (Å²) < 4.78 is 0. The average molecular weight is 239 g/mol. The van der Waals surface area contributed by atoms with Crippen LogP contribution in [-0.4, -0.2) is 10.1 Å². The lowest BCUT2D eigenvalue weighted by Gasteiger charge is -2.31. The van der Waals surface area contributed by atoms with Gasteiger partial charge in [0.25, 0.3) is 0 Å². The van der Waals surface area contributed by atoms with Crippen LogP contribution in [0.5, 0.6) is 0 Å². The Kier molecular flexibility index (Phi) is 2.88. The van der Waals surface area contributed by atoms with Crippen LogP contribution in [0.15, 0.2) is 42.6 Å². The normalized spacial score (nSPS) is 18.9. The molecule has 0 bridgehead atoms. The van der Waals surface area contributed by atoms with Crippen LogP contribution in [0.2, 0.25) is 0 Å². The minimum atomic E-state index is -0.455. The van der Waals surface area contributed by atoms with Crippen LogP contribution in [0.4, 0.5) is 0 Å². The molecule has 2 heteroatoms. The number of aromatic nitrogens is 1. The Labute approximate surface area is 107 Å². The molecule has 2 atom stereocenters. The molecule has 0 fully saturated rings. The van der Waals surface area contributed by atoms with Crippen molar-refractivity contribution >= 4 is 0 Å². The topological polar surface area (TPSA) is 33.1 Å². The van der Waals surface area contributed by atoms with Gasteiger partial charge in [-0.2, -0.15) is 0 Å². The third kappa shape index (κ3) is 2.04. The van der Waals surface area contributed by atoms with E-state index in [2.05, 4.69) is 29.2 Å². The molecule has 1 aromatic heterocycles. The molecule has 0 aliphatic heterocycles. The Balaban J connectivity index is 1.72. The smallest absolute Gasteiger partial charge is 0.0965 e. The van der Waals surface area contributed by atoms with Gasteiger partial charge < -0.3 is 5.11 Å². The maximum Gasteiger partial charge on any atom is 0.0965 e. The fraction of sp³-hybridized carbons (Fsp3) is 0.312. The van der Waals surface area contributed by atoms with Gasteiger partial charge in [0.15, 0.2) is 0 Å². The molecule has 0 amide bonds. The van der Waals surface area contributed by atoms with Gasteiger partial charge in [-0.1, -0.05) is 24.3 Å². The molecular weight excluding hydrogens is 222 g/mol. The highest BCUT2D eigenvalue weighted by atomic mass is 16.3. The summed E-state index contributed by atoms with van der Waals surface area (Å²) in [5.41, 5.74) is 4.75. The van der Waals surface area contributed by atoms with Crippen LogP contribution >= 0.6 is 0 Å². The third-order valence-corrected chi connectivity index (χ3v) is 3.75. The standard InChI is InChI=1S/C16H17NO/c1-11-6-7-17-15(8-11)16(18)10-13-9-12-4-2-3-5-14(12)13/h2-8,13,16,18H,9-10H2,1H3. The Morgan fingerprint density at radius 3 is 2.94 bits per heavy atom. The van der Waals surface area contributed by atoms with Crippen molar-refractivity contribution in [3.63, 3.8) is 0 Å². The Bertz CT molecular complexity index is 565. The van der Waals surface area contributed by atoms with E-state index < -0.39 is 6.10 Å². The monoisotopic (exact) mass is 239 g/mol. The summed E-state index contributed by atoms with van der Waals surface area (Å²) in [7, 11) is 0. The molecule has 0 radical (unpaired) electrons. The molecule has 2 unspecified atom stereocenters. The second-order valence-electron chi connectivity index (χ2n) is 5.11. The van der Waals surface area contributed by atoms with Crippen LogP contribution in [0.25, 0.3) is 0 Å². The summed E-state index contributed by atoms with van der Waals surface area (Å²) in [5, 5.41) is 10.2. The largest absolute Gasteiger partial charge is 0.387 e. The lowest BCUT2D eigenvalue weighted by atomic mass is 9.74. The van der Waals surface area contributed by atoms with E-state index in [4.69, 9.17) is 0 Å². The summed E-state index contributed by atoms with van der Waals surface area (Å²) in [6, 6.07) is 12.4. The molecule has 0 saturated heterocycles. The van der Waals surface area contributed by atoms with E-state index >= 15 is 0 Å². The summed E-state index contributed by atoms with van der Waals surface area (Å²) >= 11 is 0. The van der Waals surface area contributed by atoms with Crippen LogP contribution < -0.4 is 0 Å². The second kappa shape index (κ2) is 4.54. The maximum atomic E-state index is 10.2. The number of aryl methyl sites for hydroxylation is 1. The van der Waals surface area contributed by atoms with E-state index in [9.17, 15) is 5.11 Å². The van der Waals surface area contributed by atoms with Gasteiger partial charge in [-0.3, -0.25) is 4.98 Å². The Morgan fingerprint density at radius 2 is 2.17 bits per heavy atom. The summed E-state index contributed by atoms with van der Waals surface area (Å²) in [5.74, 6) is 0.485. The SMILES string of the molecule is Cc1ccnc(C(O)CC2Cc3ccccc32)c1. The molecule has 1 aliphatic rings. The van der Waals surface area contributed by atoms with E-state index in [1.54, 1.807) is 6.20 Å². The van der Waals surface area contributed by atoms with Crippen molar-refractivity contribution in [2.75, 3.05) is 0 Å². The number of hydrogen-bond acceptors (Lipinski definition) is 2. The van der Waals surface area contributed by atoms with Crippen molar-refractivity contribution in [2.45, 2.75) is 31.8 Å². The summed E-state index contributed by atoms with van der Waals surface area (Å²) in [6.07, 6.45) is 3.16. The minimum absolute atomic E-state index is 0.455. The van der Waals surface area contributed by atoms with Gasteiger partial charge in [0.2, 0.25) is 0 Å². The fourth-order valence-corrected chi connectivity index (χ4v) is 2.71. The van der Waals surface area contributed by atoms with Gasteiger partial charge in [-0.05, 0) is 54.5 Å². The average Bonchev–Trinajstić information content (AvgIpc) is 2.36. The van der Waals surface area contributed by atoms with Crippen molar-refractivity contribution in [1.82, 2.24) is 4.98 Å². The first-order chi connectivity index (χ1) is 8.74. The number of nitrogens with zero attached hydrogens (tertiary/aromatic N) is 1. The minimum Gasteiger partial charge on any atom is -0.387 e. The molecule has 0 saturated carbocycles. The molecule has 3 rings (SSSR count). The zero-order valence-electron chi connectivity index (χ0n) is 10.5. The summed E-state index contributed by atoms with van der Waals surface area (Å²) in [6.45, 7) is 2.02. The maximum absolute atomic E-state index is 10.2. The number of rotatable bonds is 3. The van der Waals surface area contributed by atoms with E-state index in [1.807, 2.05) is 19.1 Å². The Hall–Kier alpha value is -1.67.